The van der Waals surface area contributed by atoms with Crippen LogP contribution < -0.4 is 0 Å². The van der Waals surface area contributed by atoms with E-state index in [-0.39, 0.29) is 28.3 Å². The van der Waals surface area contributed by atoms with E-state index in [1.165, 1.54) is 19.3 Å². The van der Waals surface area contributed by atoms with Gasteiger partial charge in [0, 0.05) is 11.5 Å². The van der Waals surface area contributed by atoms with Crippen molar-refractivity contribution in [3.63, 3.8) is 0 Å². The lowest BCUT2D eigenvalue weighted by Gasteiger charge is -2.71. The molecule has 1 N–H and O–H groups in total. The average Bonchev–Trinajstić information content (AvgIpc) is 2.73. The third kappa shape index (κ3) is 3.38. The van der Waals surface area contributed by atoms with Crippen molar-refractivity contribution in [2.24, 2.45) is 34.0 Å². The molecule has 0 aliphatic heterocycles. The van der Waals surface area contributed by atoms with Gasteiger partial charge in [0.15, 0.2) is 0 Å². The van der Waals surface area contributed by atoms with Gasteiger partial charge < -0.3 is 9.84 Å². The second-order valence-corrected chi connectivity index (χ2v) is 12.6. The number of fused-ring (bicyclic) bond motifs is 3. The van der Waals surface area contributed by atoms with Gasteiger partial charge in [-0.3, -0.25) is 0 Å². The summed E-state index contributed by atoms with van der Waals surface area (Å²) in [6, 6.07) is 9.92. The predicted molar refractivity (Wildman–Crippen MR) is 128 cm³/mol. The largest absolute Gasteiger partial charge is 0.459 e. The molecule has 5 fully saturated rings. The Kier molecular flexibility index (Phi) is 5.17. The highest BCUT2D eigenvalue weighted by atomic mass is 16.5. The Balaban J connectivity index is 1.48. The van der Waals surface area contributed by atoms with Gasteiger partial charge in [0.2, 0.25) is 0 Å². The molecule has 0 heterocycles. The van der Waals surface area contributed by atoms with Crippen LogP contribution in [0.15, 0.2) is 36.4 Å². The molecule has 3 nitrogen and oxygen atoms in total. The summed E-state index contributed by atoms with van der Waals surface area (Å²) in [5, 5.41) is 11.3. The summed E-state index contributed by atoms with van der Waals surface area (Å²) in [7, 11) is 0. The Morgan fingerprint density at radius 3 is 2.50 bits per heavy atom. The quantitative estimate of drug-likeness (QED) is 0.440. The van der Waals surface area contributed by atoms with Crippen LogP contribution in [0.3, 0.4) is 0 Å². The van der Waals surface area contributed by atoms with Crippen LogP contribution in [0.1, 0.15) is 84.6 Å². The second kappa shape index (κ2) is 7.45. The highest BCUT2D eigenvalue weighted by Gasteiger charge is 2.69. The molecule has 5 aliphatic rings. The molecule has 2 unspecified atom stereocenters. The van der Waals surface area contributed by atoms with Crippen molar-refractivity contribution < 1.29 is 14.6 Å². The van der Waals surface area contributed by atoms with Gasteiger partial charge in [0.1, 0.15) is 6.10 Å². The first-order chi connectivity index (χ1) is 15.1. The van der Waals surface area contributed by atoms with Crippen LogP contribution in [0.2, 0.25) is 0 Å². The zero-order chi connectivity index (χ0) is 22.8. The van der Waals surface area contributed by atoms with E-state index >= 15 is 0 Å². The van der Waals surface area contributed by atoms with Gasteiger partial charge in [-0.1, -0.05) is 57.5 Å². The number of rotatable bonds is 3. The first-order valence-electron chi connectivity index (χ1n) is 12.7. The van der Waals surface area contributed by atoms with Gasteiger partial charge in [-0.05, 0) is 92.1 Å². The van der Waals surface area contributed by atoms with E-state index in [1.807, 2.05) is 43.3 Å². The average molecular weight is 437 g/mol. The summed E-state index contributed by atoms with van der Waals surface area (Å²) >= 11 is 0. The molecule has 0 aromatic heterocycles. The topological polar surface area (TPSA) is 46.5 Å². The standard InChI is InChI=1S/C29H40O3/c1-26(2)14-8-15-27(3)22(26)18-24(32-25(30)12-11-20-9-6-5-7-10-20)29-16-13-21(17-23(27)29)28(4,31)19-29/h5-7,9-12,21-24,31H,8,13-19H2,1-4H3/b12-11+/t21?,22-,23+,24?,27-,28-,29-/m1/s1. The molecule has 1 aromatic carbocycles. The van der Waals surface area contributed by atoms with Crippen LogP contribution in [0.5, 0.6) is 0 Å². The van der Waals surface area contributed by atoms with Crippen molar-refractivity contribution in [1.82, 2.24) is 0 Å². The summed E-state index contributed by atoms with van der Waals surface area (Å²) in [4.78, 5) is 13.0. The molecule has 6 rings (SSSR count). The monoisotopic (exact) mass is 436 g/mol. The molecule has 0 saturated heterocycles. The fourth-order valence-corrected chi connectivity index (χ4v) is 8.96. The number of benzene rings is 1. The van der Waals surface area contributed by atoms with Crippen molar-refractivity contribution in [2.75, 3.05) is 0 Å². The van der Waals surface area contributed by atoms with Gasteiger partial charge in [-0.2, -0.15) is 0 Å². The minimum absolute atomic E-state index is 0.0901. The highest BCUT2D eigenvalue weighted by Crippen LogP contribution is 2.73. The molecule has 5 aliphatic carbocycles. The summed E-state index contributed by atoms with van der Waals surface area (Å²) in [6.07, 6.45) is 12.1. The maximum Gasteiger partial charge on any atom is 0.331 e. The minimum atomic E-state index is -0.646. The van der Waals surface area contributed by atoms with E-state index in [0.717, 1.165) is 37.7 Å². The molecule has 0 radical (unpaired) electrons. The fourth-order valence-electron chi connectivity index (χ4n) is 8.96. The number of ether oxygens (including phenoxy) is 1. The van der Waals surface area contributed by atoms with Crippen LogP contribution in [0.25, 0.3) is 6.08 Å². The van der Waals surface area contributed by atoms with E-state index in [4.69, 9.17) is 4.74 Å². The first-order valence-corrected chi connectivity index (χ1v) is 12.7. The third-order valence-corrected chi connectivity index (χ3v) is 10.4. The van der Waals surface area contributed by atoms with Crippen LogP contribution in [-0.4, -0.2) is 22.8 Å². The third-order valence-electron chi connectivity index (χ3n) is 10.4. The van der Waals surface area contributed by atoms with E-state index in [1.54, 1.807) is 6.08 Å². The maximum absolute atomic E-state index is 13.0. The maximum atomic E-state index is 13.0. The normalized spacial score (nSPS) is 44.7. The lowest BCUT2D eigenvalue weighted by atomic mass is 9.35. The minimum Gasteiger partial charge on any atom is -0.459 e. The number of carbonyl (C=O) groups is 1. The molecule has 174 valence electrons. The molecule has 1 aromatic rings. The molecule has 1 spiro atoms. The van der Waals surface area contributed by atoms with Crippen molar-refractivity contribution in [2.45, 2.75) is 90.8 Å². The molecule has 7 atom stereocenters. The number of hydrogen-bond donors (Lipinski definition) is 1. The van der Waals surface area contributed by atoms with Gasteiger partial charge in [-0.15, -0.1) is 0 Å². The zero-order valence-corrected chi connectivity index (χ0v) is 20.3. The SMILES string of the molecule is CC1(C)CCC[C@]2(C)[C@@H]1CC(OC(=O)/C=C/c1ccccc1)[C@@]13CCC(C[C@H]12)[C@](C)(O)C3. The second-order valence-electron chi connectivity index (χ2n) is 12.6. The highest BCUT2D eigenvalue weighted by molar-refractivity contribution is 5.87. The number of carbonyl (C=O) groups excluding carboxylic acids is 1. The lowest BCUT2D eigenvalue weighted by molar-refractivity contribution is -0.271. The van der Waals surface area contributed by atoms with Gasteiger partial charge in [0.25, 0.3) is 0 Å². The molecular weight excluding hydrogens is 396 g/mol. The summed E-state index contributed by atoms with van der Waals surface area (Å²) in [5.74, 6) is 1.23. The summed E-state index contributed by atoms with van der Waals surface area (Å²) in [6.45, 7) is 9.42. The number of hydrogen-bond acceptors (Lipinski definition) is 3. The molecule has 32 heavy (non-hydrogen) atoms. The van der Waals surface area contributed by atoms with Gasteiger partial charge in [-0.25, -0.2) is 4.79 Å². The van der Waals surface area contributed by atoms with Gasteiger partial charge >= 0.3 is 5.97 Å². The Hall–Kier alpha value is -1.61. The van der Waals surface area contributed by atoms with Gasteiger partial charge in [0.05, 0.1) is 5.60 Å². The zero-order valence-electron chi connectivity index (χ0n) is 20.3. The van der Waals surface area contributed by atoms with Crippen LogP contribution in [0, 0.1) is 34.0 Å². The Morgan fingerprint density at radius 2 is 1.78 bits per heavy atom. The molecular formula is C29H40O3. The molecule has 2 bridgehead atoms. The van der Waals surface area contributed by atoms with Crippen molar-refractivity contribution in [1.29, 1.82) is 0 Å². The molecule has 0 amide bonds. The predicted octanol–water partition coefficient (Wildman–Crippen LogP) is 6.41. The van der Waals surface area contributed by atoms with E-state index < -0.39 is 5.60 Å². The van der Waals surface area contributed by atoms with Crippen molar-refractivity contribution in [3.8, 4) is 0 Å². The smallest absolute Gasteiger partial charge is 0.331 e. The van der Waals surface area contributed by atoms with E-state index in [0.29, 0.717) is 17.8 Å². The molecule has 3 heteroatoms. The summed E-state index contributed by atoms with van der Waals surface area (Å²) in [5.41, 5.74) is 0.809. The van der Waals surface area contributed by atoms with E-state index in [9.17, 15) is 9.90 Å². The Labute approximate surface area is 193 Å². The molecule has 5 saturated carbocycles. The first kappa shape index (κ1) is 22.2. The Morgan fingerprint density at radius 1 is 1.03 bits per heavy atom. The van der Waals surface area contributed by atoms with Crippen LogP contribution >= 0.6 is 0 Å². The van der Waals surface area contributed by atoms with Crippen LogP contribution in [-0.2, 0) is 9.53 Å². The lowest BCUT2D eigenvalue weighted by Crippen LogP contribution is -2.69. The Bertz CT molecular complexity index is 900. The van der Waals surface area contributed by atoms with E-state index in [2.05, 4.69) is 20.8 Å². The van der Waals surface area contributed by atoms with Crippen molar-refractivity contribution in [3.05, 3.63) is 42.0 Å². The number of aliphatic hydroxyl groups is 1. The summed E-state index contributed by atoms with van der Waals surface area (Å²) < 4.78 is 6.35. The number of esters is 1. The fraction of sp³-hybridized carbons (Fsp3) is 0.690. The van der Waals surface area contributed by atoms with Crippen LogP contribution in [0.4, 0.5) is 0 Å². The van der Waals surface area contributed by atoms with Crippen molar-refractivity contribution >= 4 is 12.0 Å².